The molecule has 2 unspecified atom stereocenters. The molecule has 0 amide bonds. The topological polar surface area (TPSA) is 96.2 Å². The molecule has 7 nitrogen and oxygen atoms in total. The lowest BCUT2D eigenvalue weighted by molar-refractivity contribution is 0.135. The lowest BCUT2D eigenvalue weighted by atomic mass is 10.00. The average Bonchev–Trinajstić information content (AvgIpc) is 2.42. The van der Waals surface area contributed by atoms with E-state index in [0.29, 0.717) is 18.6 Å². The Bertz CT molecular complexity index is 596. The predicted octanol–water partition coefficient (Wildman–Crippen LogP) is 1.12. The first-order valence-corrected chi connectivity index (χ1v) is 7.63. The Hall–Kier alpha value is -1.76. The van der Waals surface area contributed by atoms with E-state index in [1.54, 1.807) is 0 Å². The number of hydrogen-bond acceptors (Lipinski definition) is 5. The van der Waals surface area contributed by atoms with E-state index in [-0.39, 0.29) is 11.5 Å². The van der Waals surface area contributed by atoms with E-state index in [9.17, 15) is 9.59 Å². The van der Waals surface area contributed by atoms with Crippen LogP contribution in [-0.2, 0) is 6.54 Å². The Kier molecular flexibility index (Phi) is 4.72. The monoisotopic (exact) mass is 295 g/mol. The van der Waals surface area contributed by atoms with Crippen LogP contribution in [0.25, 0.3) is 0 Å². The maximum atomic E-state index is 12.1. The van der Waals surface area contributed by atoms with Crippen molar-refractivity contribution in [2.45, 2.75) is 65.1 Å². The summed E-state index contributed by atoms with van der Waals surface area (Å²) < 4.78 is 1.41. The van der Waals surface area contributed by atoms with Crippen molar-refractivity contribution in [1.82, 2.24) is 14.6 Å². The van der Waals surface area contributed by atoms with E-state index < -0.39 is 11.2 Å². The molecule has 118 valence electrons. The molecule has 1 aliphatic heterocycles. The fourth-order valence-electron chi connectivity index (χ4n) is 2.91. The molecule has 7 heteroatoms. The molecule has 1 aromatic rings. The van der Waals surface area contributed by atoms with Gasteiger partial charge in [0.05, 0.1) is 0 Å². The maximum Gasteiger partial charge on any atom is 0.330 e. The molecule has 0 aromatic carbocycles. The minimum absolute atomic E-state index is 0.204. The number of aromatic nitrogens is 2. The highest BCUT2D eigenvalue weighted by atomic mass is 16.2. The first-order valence-electron chi connectivity index (χ1n) is 7.63. The van der Waals surface area contributed by atoms with Crippen molar-refractivity contribution in [1.29, 1.82) is 0 Å². The summed E-state index contributed by atoms with van der Waals surface area (Å²) in [4.78, 5) is 26.2. The Morgan fingerprint density at radius 2 is 1.90 bits per heavy atom. The molecule has 0 saturated carbocycles. The van der Waals surface area contributed by atoms with Crippen molar-refractivity contribution in [2.24, 2.45) is 0 Å². The lowest BCUT2D eigenvalue weighted by Crippen LogP contribution is -2.49. The van der Waals surface area contributed by atoms with Crippen LogP contribution >= 0.6 is 0 Å². The summed E-state index contributed by atoms with van der Waals surface area (Å²) in [6, 6.07) is 0.637. The highest BCUT2D eigenvalue weighted by Crippen LogP contribution is 2.23. The molecule has 1 fully saturated rings. The first kappa shape index (κ1) is 15.6. The number of nitrogen functional groups attached to an aromatic ring is 1. The number of nitrogens with zero attached hydrogens (tertiary/aromatic N) is 2. The summed E-state index contributed by atoms with van der Waals surface area (Å²) in [6.07, 6.45) is 4.10. The van der Waals surface area contributed by atoms with Crippen LogP contribution in [0.15, 0.2) is 9.59 Å². The van der Waals surface area contributed by atoms with E-state index in [4.69, 9.17) is 5.73 Å². The highest BCUT2D eigenvalue weighted by molar-refractivity contribution is 5.59. The van der Waals surface area contributed by atoms with Crippen molar-refractivity contribution in [2.75, 3.05) is 11.2 Å². The summed E-state index contributed by atoms with van der Waals surface area (Å²) in [6.45, 7) is 6.68. The van der Waals surface area contributed by atoms with Crippen molar-refractivity contribution in [3.05, 3.63) is 20.8 Å². The standard InChI is InChI=1S/C14H25N5O2/c1-4-8-18-12(15)11(13(20)16-14(18)21)17-19-9(2)6-5-7-10(19)3/h9-10,17H,4-8,15H2,1-3H3,(H,16,20,21). The third-order valence-electron chi connectivity index (χ3n) is 4.12. The zero-order valence-corrected chi connectivity index (χ0v) is 13.0. The number of piperidine rings is 1. The molecule has 21 heavy (non-hydrogen) atoms. The fourth-order valence-corrected chi connectivity index (χ4v) is 2.91. The smallest absolute Gasteiger partial charge is 0.330 e. The van der Waals surface area contributed by atoms with Crippen molar-refractivity contribution >= 4 is 11.5 Å². The van der Waals surface area contributed by atoms with Crippen LogP contribution in [0.5, 0.6) is 0 Å². The van der Waals surface area contributed by atoms with Gasteiger partial charge in [-0.25, -0.2) is 9.80 Å². The van der Waals surface area contributed by atoms with Crippen LogP contribution < -0.4 is 22.4 Å². The SMILES string of the molecule is CCCn1c(N)c(NN2C(C)CCCC2C)c(=O)[nH]c1=O. The van der Waals surface area contributed by atoms with E-state index in [1.807, 2.05) is 6.92 Å². The van der Waals surface area contributed by atoms with E-state index >= 15 is 0 Å². The molecule has 2 heterocycles. The summed E-state index contributed by atoms with van der Waals surface area (Å²) in [5, 5.41) is 2.06. The van der Waals surface area contributed by atoms with Gasteiger partial charge in [-0.15, -0.1) is 0 Å². The maximum absolute atomic E-state index is 12.1. The summed E-state index contributed by atoms with van der Waals surface area (Å²) in [5.41, 5.74) is 8.53. The van der Waals surface area contributed by atoms with Crippen LogP contribution in [0.1, 0.15) is 46.5 Å². The predicted molar refractivity (Wildman–Crippen MR) is 84.3 cm³/mol. The Morgan fingerprint density at radius 1 is 1.29 bits per heavy atom. The van der Waals surface area contributed by atoms with Crippen LogP contribution in [0, 0.1) is 0 Å². The number of hydrazine groups is 1. The third-order valence-corrected chi connectivity index (χ3v) is 4.12. The molecule has 0 aliphatic carbocycles. The van der Waals surface area contributed by atoms with Gasteiger partial charge in [0, 0.05) is 18.6 Å². The summed E-state index contributed by atoms with van der Waals surface area (Å²) in [5.74, 6) is 0.204. The Morgan fingerprint density at radius 3 is 2.48 bits per heavy atom. The molecule has 4 N–H and O–H groups in total. The van der Waals surface area contributed by atoms with E-state index in [1.165, 1.54) is 11.0 Å². The number of H-pyrrole nitrogens is 1. The Labute approximate surface area is 124 Å². The number of nitrogens with one attached hydrogen (secondary N) is 2. The third kappa shape index (κ3) is 3.12. The van der Waals surface area contributed by atoms with E-state index in [0.717, 1.165) is 19.3 Å². The lowest BCUT2D eigenvalue weighted by Gasteiger charge is -2.39. The van der Waals surface area contributed by atoms with Gasteiger partial charge in [-0.1, -0.05) is 13.3 Å². The largest absolute Gasteiger partial charge is 0.383 e. The van der Waals surface area contributed by atoms with Gasteiger partial charge in [-0.2, -0.15) is 0 Å². The Balaban J connectivity index is 2.37. The fraction of sp³-hybridized carbons (Fsp3) is 0.714. The van der Waals surface area contributed by atoms with Crippen LogP contribution in [-0.4, -0.2) is 26.6 Å². The number of anilines is 2. The van der Waals surface area contributed by atoms with Gasteiger partial charge in [0.25, 0.3) is 5.56 Å². The number of aromatic amines is 1. The van der Waals surface area contributed by atoms with Gasteiger partial charge in [0.15, 0.2) is 5.69 Å². The zero-order valence-electron chi connectivity index (χ0n) is 13.0. The van der Waals surface area contributed by atoms with Gasteiger partial charge in [0.1, 0.15) is 5.82 Å². The second-order valence-electron chi connectivity index (χ2n) is 5.82. The van der Waals surface area contributed by atoms with Gasteiger partial charge >= 0.3 is 5.69 Å². The zero-order chi connectivity index (χ0) is 15.6. The molecule has 0 radical (unpaired) electrons. The van der Waals surface area contributed by atoms with Gasteiger partial charge in [-0.05, 0) is 33.1 Å². The average molecular weight is 295 g/mol. The van der Waals surface area contributed by atoms with Gasteiger partial charge in [0.2, 0.25) is 0 Å². The molecule has 2 atom stereocenters. The quantitative estimate of drug-likeness (QED) is 0.773. The second kappa shape index (κ2) is 6.34. The molecule has 1 aliphatic rings. The molecular formula is C14H25N5O2. The normalized spacial score (nSPS) is 23.2. The van der Waals surface area contributed by atoms with Gasteiger partial charge < -0.3 is 11.2 Å². The summed E-state index contributed by atoms with van der Waals surface area (Å²) in [7, 11) is 0. The number of rotatable bonds is 4. The molecule has 2 rings (SSSR count). The van der Waals surface area contributed by atoms with Crippen LogP contribution in [0.4, 0.5) is 11.5 Å². The summed E-state index contributed by atoms with van der Waals surface area (Å²) >= 11 is 0. The molecule has 0 spiro atoms. The number of hydrogen-bond donors (Lipinski definition) is 3. The van der Waals surface area contributed by atoms with Crippen molar-refractivity contribution < 1.29 is 0 Å². The molecule has 1 saturated heterocycles. The number of nitrogens with two attached hydrogens (primary N) is 1. The van der Waals surface area contributed by atoms with Crippen molar-refractivity contribution in [3.8, 4) is 0 Å². The van der Waals surface area contributed by atoms with E-state index in [2.05, 4.69) is 29.3 Å². The van der Waals surface area contributed by atoms with Crippen molar-refractivity contribution in [3.63, 3.8) is 0 Å². The minimum atomic E-state index is -0.463. The molecule has 1 aromatic heterocycles. The second-order valence-corrected chi connectivity index (χ2v) is 5.82. The van der Waals surface area contributed by atoms with Crippen LogP contribution in [0.3, 0.4) is 0 Å². The van der Waals surface area contributed by atoms with Crippen LogP contribution in [0.2, 0.25) is 0 Å². The minimum Gasteiger partial charge on any atom is -0.383 e. The van der Waals surface area contributed by atoms with Gasteiger partial charge in [-0.3, -0.25) is 14.3 Å². The first-order chi connectivity index (χ1) is 9.95. The molecule has 0 bridgehead atoms. The highest BCUT2D eigenvalue weighted by Gasteiger charge is 2.26. The molecular weight excluding hydrogens is 270 g/mol.